The predicted molar refractivity (Wildman–Crippen MR) is 93.0 cm³/mol. The van der Waals surface area contributed by atoms with Crippen molar-refractivity contribution in [3.05, 3.63) is 59.7 Å². The van der Waals surface area contributed by atoms with Gasteiger partial charge in [0.05, 0.1) is 31.8 Å². The number of aliphatic hydroxyl groups excluding tert-OH is 1. The minimum absolute atomic E-state index is 0.0740. The quantitative estimate of drug-likeness (QED) is 0.686. The number of aryl methyl sites for hydroxylation is 1. The van der Waals surface area contributed by atoms with Gasteiger partial charge in [0.1, 0.15) is 11.9 Å². The molecule has 0 aliphatic heterocycles. The monoisotopic (exact) mass is 366 g/mol. The van der Waals surface area contributed by atoms with Crippen molar-refractivity contribution in [1.29, 1.82) is 0 Å². The van der Waals surface area contributed by atoms with Crippen molar-refractivity contribution in [1.82, 2.24) is 0 Å². The lowest BCUT2D eigenvalue weighted by Gasteiger charge is -2.16. The van der Waals surface area contributed by atoms with Gasteiger partial charge in [-0.2, -0.15) is 8.42 Å². The molecule has 0 aromatic heterocycles. The van der Waals surface area contributed by atoms with E-state index in [4.69, 9.17) is 13.7 Å². The zero-order valence-corrected chi connectivity index (χ0v) is 15.0. The highest BCUT2D eigenvalue weighted by Crippen LogP contribution is 2.15. The summed E-state index contributed by atoms with van der Waals surface area (Å²) < 4.78 is 39.9. The van der Waals surface area contributed by atoms with E-state index in [1.54, 1.807) is 31.4 Å². The molecule has 2 rings (SSSR count). The maximum absolute atomic E-state index is 12.1. The van der Waals surface area contributed by atoms with Crippen LogP contribution in [0.4, 0.5) is 0 Å². The van der Waals surface area contributed by atoms with Gasteiger partial charge in [-0.15, -0.1) is 0 Å². The van der Waals surface area contributed by atoms with Gasteiger partial charge in [-0.05, 0) is 36.8 Å². The molecule has 0 saturated carbocycles. The number of methoxy groups -OCH3 is 1. The molecular formula is C18H22O6S. The fourth-order valence-corrected chi connectivity index (χ4v) is 2.96. The van der Waals surface area contributed by atoms with Gasteiger partial charge in [0.25, 0.3) is 10.1 Å². The zero-order chi connectivity index (χ0) is 18.3. The molecule has 0 saturated heterocycles. The van der Waals surface area contributed by atoms with E-state index in [9.17, 15) is 13.5 Å². The molecule has 136 valence electrons. The van der Waals surface area contributed by atoms with Gasteiger partial charge in [-0.1, -0.05) is 29.8 Å². The third kappa shape index (κ3) is 5.82. The average molecular weight is 366 g/mol. The fraction of sp³-hybridized carbons (Fsp3) is 0.333. The van der Waals surface area contributed by atoms with Crippen LogP contribution in [0.3, 0.4) is 0 Å². The molecule has 0 aliphatic rings. The van der Waals surface area contributed by atoms with E-state index in [2.05, 4.69) is 0 Å². The van der Waals surface area contributed by atoms with Crippen molar-refractivity contribution in [2.45, 2.75) is 24.5 Å². The third-order valence-corrected chi connectivity index (χ3v) is 4.86. The van der Waals surface area contributed by atoms with Gasteiger partial charge < -0.3 is 14.6 Å². The minimum Gasteiger partial charge on any atom is -0.497 e. The minimum atomic E-state index is -3.88. The first-order valence-electron chi connectivity index (χ1n) is 7.76. The lowest BCUT2D eigenvalue weighted by atomic mass is 10.2. The van der Waals surface area contributed by atoms with Crippen LogP contribution in [-0.4, -0.2) is 40.0 Å². The molecule has 6 nitrogen and oxygen atoms in total. The van der Waals surface area contributed by atoms with Crippen LogP contribution in [0, 0.1) is 6.92 Å². The van der Waals surface area contributed by atoms with E-state index >= 15 is 0 Å². The van der Waals surface area contributed by atoms with Crippen molar-refractivity contribution in [2.75, 3.05) is 20.3 Å². The van der Waals surface area contributed by atoms with Crippen LogP contribution in [0.2, 0.25) is 0 Å². The Hall–Kier alpha value is -1.93. The molecule has 0 amide bonds. The van der Waals surface area contributed by atoms with Crippen LogP contribution in [0.15, 0.2) is 53.4 Å². The molecule has 0 unspecified atom stereocenters. The molecule has 0 fully saturated rings. The summed E-state index contributed by atoms with van der Waals surface area (Å²) in [6.45, 7) is 1.48. The Morgan fingerprint density at radius 3 is 2.24 bits per heavy atom. The number of hydrogen-bond donors (Lipinski definition) is 1. The normalized spacial score (nSPS) is 12.8. The molecule has 1 atom stereocenters. The van der Waals surface area contributed by atoms with Crippen LogP contribution in [-0.2, 0) is 25.6 Å². The maximum atomic E-state index is 12.1. The molecule has 2 aromatic carbocycles. The lowest BCUT2D eigenvalue weighted by Crippen LogP contribution is -2.25. The lowest BCUT2D eigenvalue weighted by molar-refractivity contribution is -0.0214. The van der Waals surface area contributed by atoms with Gasteiger partial charge in [-0.3, -0.25) is 4.18 Å². The van der Waals surface area contributed by atoms with E-state index < -0.39 is 16.2 Å². The van der Waals surface area contributed by atoms with Crippen LogP contribution in [0.25, 0.3) is 0 Å². The first-order chi connectivity index (χ1) is 11.9. The summed E-state index contributed by atoms with van der Waals surface area (Å²) in [7, 11) is -2.30. The summed E-state index contributed by atoms with van der Waals surface area (Å²) in [6, 6.07) is 13.6. The van der Waals surface area contributed by atoms with E-state index in [1.807, 2.05) is 19.1 Å². The molecule has 0 aliphatic carbocycles. The van der Waals surface area contributed by atoms with Crippen LogP contribution < -0.4 is 4.74 Å². The Morgan fingerprint density at radius 2 is 1.68 bits per heavy atom. The Morgan fingerprint density at radius 1 is 1.04 bits per heavy atom. The summed E-state index contributed by atoms with van der Waals surface area (Å²) in [4.78, 5) is 0.0740. The molecular weight excluding hydrogens is 344 g/mol. The van der Waals surface area contributed by atoms with Crippen LogP contribution >= 0.6 is 0 Å². The summed E-state index contributed by atoms with van der Waals surface area (Å²) in [5.41, 5.74) is 1.83. The van der Waals surface area contributed by atoms with Gasteiger partial charge in [0, 0.05) is 0 Å². The second kappa shape index (κ2) is 8.96. The highest BCUT2D eigenvalue weighted by Gasteiger charge is 2.18. The Bertz CT molecular complexity index is 753. The Kier molecular flexibility index (Phi) is 6.95. The fourth-order valence-electron chi connectivity index (χ4n) is 2.03. The van der Waals surface area contributed by atoms with Gasteiger partial charge in [0.2, 0.25) is 0 Å². The van der Waals surface area contributed by atoms with E-state index in [0.29, 0.717) is 0 Å². The van der Waals surface area contributed by atoms with Crippen molar-refractivity contribution in [3.8, 4) is 5.75 Å². The second-order valence-electron chi connectivity index (χ2n) is 5.52. The largest absolute Gasteiger partial charge is 0.497 e. The molecule has 0 radical (unpaired) electrons. The molecule has 1 N–H and O–H groups in total. The average Bonchev–Trinajstić information content (AvgIpc) is 2.62. The number of ether oxygens (including phenoxy) is 2. The molecule has 0 heterocycles. The Balaban J connectivity index is 1.89. The third-order valence-electron chi connectivity index (χ3n) is 3.57. The predicted octanol–water partition coefficient (Wildman–Crippen LogP) is 2.29. The summed E-state index contributed by atoms with van der Waals surface area (Å²) in [6.07, 6.45) is -0.748. The molecule has 0 spiro atoms. The number of aliphatic hydroxyl groups is 1. The number of hydrogen-bond acceptors (Lipinski definition) is 6. The topological polar surface area (TPSA) is 82.1 Å². The number of rotatable bonds is 9. The summed E-state index contributed by atoms with van der Waals surface area (Å²) in [5, 5.41) is 9.37. The molecule has 7 heteroatoms. The molecule has 25 heavy (non-hydrogen) atoms. The van der Waals surface area contributed by atoms with Crippen molar-refractivity contribution < 1.29 is 27.2 Å². The molecule has 2 aromatic rings. The smallest absolute Gasteiger partial charge is 0.297 e. The number of benzene rings is 2. The van der Waals surface area contributed by atoms with E-state index in [1.165, 1.54) is 12.1 Å². The van der Waals surface area contributed by atoms with Crippen molar-refractivity contribution in [2.24, 2.45) is 0 Å². The molecule has 0 bridgehead atoms. The SMILES string of the molecule is COc1ccc(CO[C@@H](CO)COS(=O)(=O)c2ccc(C)cc2)cc1. The highest BCUT2D eigenvalue weighted by atomic mass is 32.2. The van der Waals surface area contributed by atoms with Gasteiger partial charge >= 0.3 is 0 Å². The summed E-state index contributed by atoms with van der Waals surface area (Å²) in [5.74, 6) is 0.731. The van der Waals surface area contributed by atoms with E-state index in [0.717, 1.165) is 16.9 Å². The van der Waals surface area contributed by atoms with Gasteiger partial charge in [0.15, 0.2) is 0 Å². The van der Waals surface area contributed by atoms with Gasteiger partial charge in [-0.25, -0.2) is 0 Å². The van der Waals surface area contributed by atoms with Crippen molar-refractivity contribution in [3.63, 3.8) is 0 Å². The second-order valence-corrected chi connectivity index (χ2v) is 7.13. The first kappa shape index (κ1) is 19.4. The van der Waals surface area contributed by atoms with Crippen LogP contribution in [0.5, 0.6) is 5.75 Å². The standard InChI is InChI=1S/C18H22O6S/c1-14-3-9-18(10-4-14)25(20,21)24-13-17(11-19)23-12-15-5-7-16(22-2)8-6-15/h3-10,17,19H,11-13H2,1-2H3/t17-/m0/s1. The summed E-state index contributed by atoms with van der Waals surface area (Å²) >= 11 is 0. The maximum Gasteiger partial charge on any atom is 0.297 e. The Labute approximate surface area is 148 Å². The zero-order valence-electron chi connectivity index (χ0n) is 14.2. The highest BCUT2D eigenvalue weighted by molar-refractivity contribution is 7.86. The first-order valence-corrected chi connectivity index (χ1v) is 9.17. The van der Waals surface area contributed by atoms with Crippen LogP contribution in [0.1, 0.15) is 11.1 Å². The van der Waals surface area contributed by atoms with E-state index in [-0.39, 0.29) is 24.7 Å². The van der Waals surface area contributed by atoms with Crippen molar-refractivity contribution >= 4 is 10.1 Å².